The number of hydrogen-bond donors (Lipinski definition) is 1. The minimum absolute atomic E-state index is 0.0928. The average Bonchev–Trinajstić information content (AvgIpc) is 3.25. The lowest BCUT2D eigenvalue weighted by atomic mass is 10.1. The van der Waals surface area contributed by atoms with E-state index in [1.165, 1.54) is 12.1 Å². The number of carbonyl (C=O) groups is 1. The molecule has 0 bridgehead atoms. The first-order chi connectivity index (χ1) is 14.1. The summed E-state index contributed by atoms with van der Waals surface area (Å²) in [6.45, 7) is 3.90. The molecule has 3 aromatic rings. The van der Waals surface area contributed by atoms with Gasteiger partial charge < -0.3 is 15.1 Å². The van der Waals surface area contributed by atoms with Crippen LogP contribution in [-0.4, -0.2) is 49.0 Å². The van der Waals surface area contributed by atoms with Crippen molar-refractivity contribution in [3.63, 3.8) is 0 Å². The van der Waals surface area contributed by atoms with E-state index in [0.29, 0.717) is 6.54 Å². The topological polar surface area (TPSA) is 48.5 Å². The highest BCUT2D eigenvalue weighted by Crippen LogP contribution is 2.27. The van der Waals surface area contributed by atoms with Crippen molar-refractivity contribution in [3.8, 4) is 11.3 Å². The second-order valence-electron chi connectivity index (χ2n) is 7.12. The van der Waals surface area contributed by atoms with E-state index in [4.69, 9.17) is 0 Å². The molecule has 0 radical (unpaired) electrons. The molecule has 1 fully saturated rings. The van der Waals surface area contributed by atoms with Gasteiger partial charge in [0, 0.05) is 56.3 Å². The molecular formula is C22H23FN4OS. The lowest BCUT2D eigenvalue weighted by Gasteiger charge is -2.27. The van der Waals surface area contributed by atoms with Gasteiger partial charge in [0.15, 0.2) is 5.13 Å². The maximum atomic E-state index is 13.1. The molecule has 4 rings (SSSR count). The van der Waals surface area contributed by atoms with Crippen LogP contribution in [0.4, 0.5) is 9.52 Å². The molecule has 1 aromatic heterocycles. The summed E-state index contributed by atoms with van der Waals surface area (Å²) in [4.78, 5) is 21.2. The van der Waals surface area contributed by atoms with Crippen LogP contribution < -0.4 is 10.2 Å². The van der Waals surface area contributed by atoms with Crippen molar-refractivity contribution in [1.29, 1.82) is 0 Å². The minimum Gasteiger partial charge on any atom is -0.347 e. The number of nitrogens with one attached hydrogen (secondary N) is 1. The molecule has 0 aliphatic carbocycles. The SMILES string of the molecule is CN(Cc1ccc(C(=O)N2CCNCC2)cc1)c1nc(-c2ccc(F)cc2)cs1. The van der Waals surface area contributed by atoms with E-state index in [-0.39, 0.29) is 11.7 Å². The Morgan fingerprint density at radius 2 is 1.83 bits per heavy atom. The number of benzene rings is 2. The van der Waals surface area contributed by atoms with E-state index >= 15 is 0 Å². The first-order valence-corrected chi connectivity index (χ1v) is 10.5. The number of carbonyl (C=O) groups excluding carboxylic acids is 1. The monoisotopic (exact) mass is 410 g/mol. The molecule has 1 saturated heterocycles. The van der Waals surface area contributed by atoms with Crippen molar-refractivity contribution < 1.29 is 9.18 Å². The van der Waals surface area contributed by atoms with Gasteiger partial charge in [-0.3, -0.25) is 4.79 Å². The van der Waals surface area contributed by atoms with Crippen LogP contribution in [0.3, 0.4) is 0 Å². The van der Waals surface area contributed by atoms with Gasteiger partial charge >= 0.3 is 0 Å². The Morgan fingerprint density at radius 3 is 2.52 bits per heavy atom. The minimum atomic E-state index is -0.250. The summed E-state index contributed by atoms with van der Waals surface area (Å²) in [5, 5.41) is 6.14. The summed E-state index contributed by atoms with van der Waals surface area (Å²) in [5.74, 6) is -0.157. The number of rotatable bonds is 5. The summed E-state index contributed by atoms with van der Waals surface area (Å²) in [7, 11) is 1.99. The molecule has 0 unspecified atom stereocenters. The predicted octanol–water partition coefficient (Wildman–Crippen LogP) is 3.63. The standard InChI is InChI=1S/C22H23FN4OS/c1-26(22-25-20(15-29-22)17-6-8-19(23)9-7-17)14-16-2-4-18(5-3-16)21(28)27-12-10-24-11-13-27/h2-9,15,24H,10-14H2,1H3. The van der Waals surface area contributed by atoms with Gasteiger partial charge in [-0.1, -0.05) is 12.1 Å². The quantitative estimate of drug-likeness (QED) is 0.698. The third kappa shape index (κ3) is 4.63. The van der Waals surface area contributed by atoms with E-state index in [1.54, 1.807) is 23.5 Å². The lowest BCUT2D eigenvalue weighted by Crippen LogP contribution is -2.46. The summed E-state index contributed by atoms with van der Waals surface area (Å²) in [6.07, 6.45) is 0. The fraction of sp³-hybridized carbons (Fsp3) is 0.273. The summed E-state index contributed by atoms with van der Waals surface area (Å²) >= 11 is 1.56. The van der Waals surface area contributed by atoms with Gasteiger partial charge in [0.2, 0.25) is 0 Å². The number of aromatic nitrogens is 1. The molecule has 5 nitrogen and oxygen atoms in total. The molecule has 1 aliphatic rings. The van der Waals surface area contributed by atoms with Gasteiger partial charge in [-0.15, -0.1) is 11.3 Å². The van der Waals surface area contributed by atoms with E-state index in [2.05, 4.69) is 15.2 Å². The second kappa shape index (κ2) is 8.71. The smallest absolute Gasteiger partial charge is 0.253 e. The average molecular weight is 411 g/mol. The van der Waals surface area contributed by atoms with Crippen LogP contribution in [0.1, 0.15) is 15.9 Å². The Balaban J connectivity index is 1.40. The Labute approximate surface area is 173 Å². The number of anilines is 1. The Hall–Kier alpha value is -2.77. The van der Waals surface area contributed by atoms with Gasteiger partial charge in [-0.05, 0) is 42.0 Å². The molecule has 2 aromatic carbocycles. The molecule has 29 heavy (non-hydrogen) atoms. The highest BCUT2D eigenvalue weighted by molar-refractivity contribution is 7.14. The zero-order chi connectivity index (χ0) is 20.2. The van der Waals surface area contributed by atoms with Crippen LogP contribution in [0.15, 0.2) is 53.9 Å². The molecule has 2 heterocycles. The fourth-order valence-electron chi connectivity index (χ4n) is 3.34. The highest BCUT2D eigenvalue weighted by atomic mass is 32.1. The maximum Gasteiger partial charge on any atom is 0.253 e. The molecule has 0 saturated carbocycles. The number of thiazole rings is 1. The van der Waals surface area contributed by atoms with Gasteiger partial charge in [0.25, 0.3) is 5.91 Å². The van der Waals surface area contributed by atoms with E-state index in [9.17, 15) is 9.18 Å². The summed E-state index contributed by atoms with van der Waals surface area (Å²) in [6, 6.07) is 14.2. The largest absolute Gasteiger partial charge is 0.347 e. The normalized spacial score (nSPS) is 14.1. The number of nitrogens with zero attached hydrogens (tertiary/aromatic N) is 3. The molecule has 0 spiro atoms. The Bertz CT molecular complexity index is 965. The molecule has 7 heteroatoms. The van der Waals surface area contributed by atoms with Crippen LogP contribution in [0.25, 0.3) is 11.3 Å². The van der Waals surface area contributed by atoms with Gasteiger partial charge in [0.1, 0.15) is 5.82 Å². The van der Waals surface area contributed by atoms with Crippen LogP contribution in [0.2, 0.25) is 0 Å². The van der Waals surface area contributed by atoms with E-state index < -0.39 is 0 Å². The van der Waals surface area contributed by atoms with Crippen LogP contribution >= 0.6 is 11.3 Å². The predicted molar refractivity (Wildman–Crippen MR) is 115 cm³/mol. The summed E-state index contributed by atoms with van der Waals surface area (Å²) < 4.78 is 13.1. The zero-order valence-corrected chi connectivity index (χ0v) is 17.1. The third-order valence-electron chi connectivity index (χ3n) is 4.98. The molecule has 1 amide bonds. The first-order valence-electron chi connectivity index (χ1n) is 9.62. The fourth-order valence-corrected chi connectivity index (χ4v) is 4.14. The van der Waals surface area contributed by atoms with E-state index in [1.807, 2.05) is 41.6 Å². The van der Waals surface area contributed by atoms with Crippen LogP contribution in [0.5, 0.6) is 0 Å². The van der Waals surface area contributed by atoms with Crippen molar-refractivity contribution in [1.82, 2.24) is 15.2 Å². The molecule has 150 valence electrons. The van der Waals surface area contributed by atoms with Crippen molar-refractivity contribution in [2.75, 3.05) is 38.1 Å². The van der Waals surface area contributed by atoms with Crippen molar-refractivity contribution in [2.45, 2.75) is 6.54 Å². The Kier molecular flexibility index (Phi) is 5.87. The van der Waals surface area contributed by atoms with Crippen LogP contribution in [-0.2, 0) is 6.54 Å². The van der Waals surface area contributed by atoms with Gasteiger partial charge in [-0.25, -0.2) is 9.37 Å². The number of hydrogen-bond acceptors (Lipinski definition) is 5. The zero-order valence-electron chi connectivity index (χ0n) is 16.3. The first kappa shape index (κ1) is 19.5. The van der Waals surface area contributed by atoms with Crippen LogP contribution in [0, 0.1) is 5.82 Å². The van der Waals surface area contributed by atoms with Gasteiger partial charge in [0.05, 0.1) is 5.69 Å². The number of halogens is 1. The van der Waals surface area contributed by atoms with Crippen molar-refractivity contribution in [3.05, 3.63) is 70.9 Å². The second-order valence-corrected chi connectivity index (χ2v) is 7.95. The lowest BCUT2D eigenvalue weighted by molar-refractivity contribution is 0.0736. The number of piperazine rings is 1. The molecule has 1 N–H and O–H groups in total. The molecule has 0 atom stereocenters. The molecule has 1 aliphatic heterocycles. The number of amides is 1. The maximum absolute atomic E-state index is 13.1. The third-order valence-corrected chi connectivity index (χ3v) is 5.94. The summed E-state index contributed by atoms with van der Waals surface area (Å²) in [5.41, 5.74) is 3.58. The molecular weight excluding hydrogens is 387 g/mol. The van der Waals surface area contributed by atoms with E-state index in [0.717, 1.165) is 53.7 Å². The van der Waals surface area contributed by atoms with Crippen molar-refractivity contribution in [2.24, 2.45) is 0 Å². The highest BCUT2D eigenvalue weighted by Gasteiger charge is 2.18. The van der Waals surface area contributed by atoms with Crippen molar-refractivity contribution >= 4 is 22.4 Å². The van der Waals surface area contributed by atoms with Gasteiger partial charge in [-0.2, -0.15) is 0 Å². The Morgan fingerprint density at radius 1 is 1.14 bits per heavy atom.